The molecule has 4 rings (SSSR count). The van der Waals surface area contributed by atoms with Crippen LogP contribution in [0.5, 0.6) is 0 Å². The first-order valence-corrected chi connectivity index (χ1v) is 10.4. The normalized spacial score (nSPS) is 11.7. The van der Waals surface area contributed by atoms with Gasteiger partial charge in [-0.05, 0) is 43.2 Å². The standard InChI is InChI=1S/C25H25N5O2/c1-16-22(20-13-14-26-25(30-20)29-19-11-7-4-8-12-19)17(2)28-23(16)24(32)27-15-21(31)18-9-5-3-6-10-18/h3-14,21,28,31H,15H2,1-2H3,(H,27,32)(H,26,29,30). The van der Waals surface area contributed by atoms with Crippen LogP contribution in [0.2, 0.25) is 0 Å². The van der Waals surface area contributed by atoms with E-state index in [1.54, 1.807) is 6.20 Å². The molecule has 0 aliphatic heterocycles. The van der Waals surface area contributed by atoms with Crippen molar-refractivity contribution in [1.82, 2.24) is 20.3 Å². The number of rotatable bonds is 7. The largest absolute Gasteiger partial charge is 0.387 e. The zero-order valence-electron chi connectivity index (χ0n) is 18.0. The average molecular weight is 428 g/mol. The Kier molecular flexibility index (Phi) is 6.28. The van der Waals surface area contributed by atoms with Crippen LogP contribution in [0.15, 0.2) is 72.9 Å². The molecule has 0 aliphatic rings. The van der Waals surface area contributed by atoms with Crippen LogP contribution in [0.4, 0.5) is 11.6 Å². The summed E-state index contributed by atoms with van der Waals surface area (Å²) in [4.78, 5) is 24.9. The van der Waals surface area contributed by atoms with Gasteiger partial charge in [0.25, 0.3) is 5.91 Å². The predicted molar refractivity (Wildman–Crippen MR) is 125 cm³/mol. The minimum Gasteiger partial charge on any atom is -0.387 e. The molecule has 1 amide bonds. The molecule has 0 fully saturated rings. The fourth-order valence-corrected chi connectivity index (χ4v) is 3.64. The number of aromatic amines is 1. The molecule has 0 bridgehead atoms. The molecule has 2 aromatic heterocycles. The number of amides is 1. The summed E-state index contributed by atoms with van der Waals surface area (Å²) in [5, 5.41) is 16.3. The van der Waals surface area contributed by atoms with Crippen molar-refractivity contribution in [3.8, 4) is 11.3 Å². The second kappa shape index (κ2) is 9.45. The number of carbonyl (C=O) groups is 1. The Hall–Kier alpha value is -3.97. The second-order valence-corrected chi connectivity index (χ2v) is 7.52. The maximum atomic E-state index is 12.8. The highest BCUT2D eigenvalue weighted by molar-refractivity contribution is 5.96. The van der Waals surface area contributed by atoms with E-state index in [2.05, 4.69) is 25.6 Å². The van der Waals surface area contributed by atoms with Crippen molar-refractivity contribution in [3.05, 3.63) is 95.4 Å². The van der Waals surface area contributed by atoms with Gasteiger partial charge in [0.2, 0.25) is 5.95 Å². The minimum absolute atomic E-state index is 0.119. The van der Waals surface area contributed by atoms with Crippen LogP contribution in [-0.2, 0) is 0 Å². The van der Waals surface area contributed by atoms with Gasteiger partial charge in [0.15, 0.2) is 0 Å². The van der Waals surface area contributed by atoms with E-state index in [0.717, 1.165) is 28.1 Å². The van der Waals surface area contributed by atoms with Crippen molar-refractivity contribution in [2.45, 2.75) is 20.0 Å². The van der Waals surface area contributed by atoms with Gasteiger partial charge in [-0.2, -0.15) is 0 Å². The van der Waals surface area contributed by atoms with Crippen molar-refractivity contribution < 1.29 is 9.90 Å². The topological polar surface area (TPSA) is 103 Å². The number of nitrogens with one attached hydrogen (secondary N) is 3. The van der Waals surface area contributed by atoms with E-state index in [0.29, 0.717) is 17.3 Å². The van der Waals surface area contributed by atoms with Crippen LogP contribution in [0.25, 0.3) is 11.3 Å². The van der Waals surface area contributed by atoms with Gasteiger partial charge in [0.1, 0.15) is 5.69 Å². The highest BCUT2D eigenvalue weighted by Crippen LogP contribution is 2.29. The molecule has 0 saturated carbocycles. The van der Waals surface area contributed by atoms with E-state index in [9.17, 15) is 9.90 Å². The third kappa shape index (κ3) is 4.68. The molecule has 2 heterocycles. The quantitative estimate of drug-likeness (QED) is 0.352. The summed E-state index contributed by atoms with van der Waals surface area (Å²) in [6, 6.07) is 20.8. The van der Waals surface area contributed by atoms with Gasteiger partial charge in [0, 0.05) is 29.7 Å². The van der Waals surface area contributed by atoms with Crippen molar-refractivity contribution in [2.24, 2.45) is 0 Å². The van der Waals surface area contributed by atoms with E-state index in [-0.39, 0.29) is 12.5 Å². The van der Waals surface area contributed by atoms with Crippen LogP contribution >= 0.6 is 0 Å². The fourth-order valence-electron chi connectivity index (χ4n) is 3.64. The van der Waals surface area contributed by atoms with Crippen molar-refractivity contribution in [3.63, 3.8) is 0 Å². The summed E-state index contributed by atoms with van der Waals surface area (Å²) < 4.78 is 0. The number of aryl methyl sites for hydroxylation is 1. The van der Waals surface area contributed by atoms with Gasteiger partial charge in [-0.1, -0.05) is 48.5 Å². The number of carbonyl (C=O) groups excluding carboxylic acids is 1. The Balaban J connectivity index is 1.51. The number of hydrogen-bond donors (Lipinski definition) is 4. The Morgan fingerprint density at radius 3 is 2.44 bits per heavy atom. The fraction of sp³-hybridized carbons (Fsp3) is 0.160. The smallest absolute Gasteiger partial charge is 0.268 e. The number of benzene rings is 2. The van der Waals surface area contributed by atoms with E-state index in [4.69, 9.17) is 0 Å². The van der Waals surface area contributed by atoms with Gasteiger partial charge in [-0.25, -0.2) is 9.97 Å². The predicted octanol–water partition coefficient (Wildman–Crippen LogP) is 4.30. The lowest BCUT2D eigenvalue weighted by Crippen LogP contribution is -2.29. The second-order valence-electron chi connectivity index (χ2n) is 7.52. The lowest BCUT2D eigenvalue weighted by Gasteiger charge is -2.12. The van der Waals surface area contributed by atoms with Gasteiger partial charge in [0.05, 0.1) is 11.8 Å². The zero-order chi connectivity index (χ0) is 22.5. The number of nitrogens with zero attached hydrogens (tertiary/aromatic N) is 2. The Labute approximate surface area is 186 Å². The van der Waals surface area contributed by atoms with E-state index < -0.39 is 6.10 Å². The highest BCUT2D eigenvalue weighted by Gasteiger charge is 2.20. The van der Waals surface area contributed by atoms with Gasteiger partial charge < -0.3 is 20.7 Å². The SMILES string of the molecule is Cc1[nH]c(C(=O)NCC(O)c2ccccc2)c(C)c1-c1ccnc(Nc2ccccc2)n1. The van der Waals surface area contributed by atoms with Crippen molar-refractivity contribution in [2.75, 3.05) is 11.9 Å². The monoisotopic (exact) mass is 427 g/mol. The molecule has 0 radical (unpaired) electrons. The van der Waals surface area contributed by atoms with E-state index in [1.807, 2.05) is 80.6 Å². The Morgan fingerprint density at radius 2 is 1.72 bits per heavy atom. The summed E-state index contributed by atoms with van der Waals surface area (Å²) in [7, 11) is 0. The summed E-state index contributed by atoms with van der Waals surface area (Å²) in [6.07, 6.45) is 0.916. The van der Waals surface area contributed by atoms with Crippen LogP contribution < -0.4 is 10.6 Å². The third-order valence-corrected chi connectivity index (χ3v) is 5.25. The first kappa shape index (κ1) is 21.3. The van der Waals surface area contributed by atoms with E-state index >= 15 is 0 Å². The number of para-hydroxylation sites is 1. The molecule has 32 heavy (non-hydrogen) atoms. The molecular weight excluding hydrogens is 402 g/mol. The molecule has 4 aromatic rings. The number of aliphatic hydroxyl groups is 1. The van der Waals surface area contributed by atoms with Crippen molar-refractivity contribution >= 4 is 17.5 Å². The van der Waals surface area contributed by atoms with Gasteiger partial charge in [-0.15, -0.1) is 0 Å². The summed E-state index contributed by atoms with van der Waals surface area (Å²) in [5.74, 6) is 0.203. The van der Waals surface area contributed by atoms with Crippen LogP contribution in [-0.4, -0.2) is 32.5 Å². The van der Waals surface area contributed by atoms with Gasteiger partial charge in [-0.3, -0.25) is 4.79 Å². The summed E-state index contributed by atoms with van der Waals surface area (Å²) in [6.45, 7) is 3.91. The first-order chi connectivity index (χ1) is 15.5. The third-order valence-electron chi connectivity index (χ3n) is 5.25. The lowest BCUT2D eigenvalue weighted by atomic mass is 10.1. The molecular formula is C25H25N5O2. The maximum absolute atomic E-state index is 12.8. The number of H-pyrrole nitrogens is 1. The molecule has 2 aromatic carbocycles. The number of anilines is 2. The van der Waals surface area contributed by atoms with E-state index in [1.165, 1.54) is 0 Å². The molecule has 0 aliphatic carbocycles. The van der Waals surface area contributed by atoms with Crippen LogP contribution in [0, 0.1) is 13.8 Å². The molecule has 1 unspecified atom stereocenters. The first-order valence-electron chi connectivity index (χ1n) is 10.4. The Morgan fingerprint density at radius 1 is 1.03 bits per heavy atom. The van der Waals surface area contributed by atoms with Crippen LogP contribution in [0.3, 0.4) is 0 Å². The molecule has 0 saturated heterocycles. The van der Waals surface area contributed by atoms with Crippen molar-refractivity contribution in [1.29, 1.82) is 0 Å². The van der Waals surface area contributed by atoms with Crippen LogP contribution in [0.1, 0.15) is 33.4 Å². The number of aliphatic hydroxyl groups excluding tert-OH is 1. The average Bonchev–Trinajstić information content (AvgIpc) is 3.12. The highest BCUT2D eigenvalue weighted by atomic mass is 16.3. The molecule has 0 spiro atoms. The summed E-state index contributed by atoms with van der Waals surface area (Å²) in [5.41, 5.74) is 5.30. The minimum atomic E-state index is -0.774. The molecule has 162 valence electrons. The maximum Gasteiger partial charge on any atom is 0.268 e. The molecule has 7 nitrogen and oxygen atoms in total. The molecule has 7 heteroatoms. The number of aromatic nitrogens is 3. The zero-order valence-corrected chi connectivity index (χ0v) is 18.0. The lowest BCUT2D eigenvalue weighted by molar-refractivity contribution is 0.0911. The Bertz CT molecular complexity index is 1210. The summed E-state index contributed by atoms with van der Waals surface area (Å²) >= 11 is 0. The molecule has 1 atom stereocenters. The number of hydrogen-bond acceptors (Lipinski definition) is 5. The van der Waals surface area contributed by atoms with Gasteiger partial charge >= 0.3 is 0 Å². The molecule has 4 N–H and O–H groups in total.